The summed E-state index contributed by atoms with van der Waals surface area (Å²) in [5.41, 5.74) is 4.34. The Kier molecular flexibility index (Phi) is 4.97. The molecule has 2 heteroatoms. The molecule has 1 aromatic carbocycles. The zero-order valence-corrected chi connectivity index (χ0v) is 11.4. The van der Waals surface area contributed by atoms with E-state index in [1.54, 1.807) is 0 Å². The molecule has 0 radical (unpaired) electrons. The quantitative estimate of drug-likeness (QED) is 0.799. The van der Waals surface area contributed by atoms with E-state index in [2.05, 4.69) is 48.0 Å². The molecule has 0 saturated heterocycles. The zero-order chi connectivity index (χ0) is 12.8. The summed E-state index contributed by atoms with van der Waals surface area (Å²) in [6, 6.07) is 8.84. The van der Waals surface area contributed by atoms with Crippen molar-refractivity contribution >= 4 is 0 Å². The van der Waals surface area contributed by atoms with Crippen molar-refractivity contribution in [2.45, 2.75) is 19.8 Å². The molecule has 0 fully saturated rings. The molecule has 98 valence electrons. The monoisotopic (exact) mass is 244 g/mol. The van der Waals surface area contributed by atoms with Gasteiger partial charge in [-0.25, -0.2) is 0 Å². The second-order valence-electron chi connectivity index (χ2n) is 5.08. The fourth-order valence-corrected chi connectivity index (χ4v) is 2.55. The molecule has 0 aliphatic carbocycles. The lowest BCUT2D eigenvalue weighted by Gasteiger charge is -2.21. The highest BCUT2D eigenvalue weighted by atomic mass is 15.1. The van der Waals surface area contributed by atoms with Crippen molar-refractivity contribution in [2.75, 3.05) is 32.7 Å². The van der Waals surface area contributed by atoms with Crippen molar-refractivity contribution in [2.24, 2.45) is 0 Å². The van der Waals surface area contributed by atoms with Gasteiger partial charge in [-0.05, 0) is 36.1 Å². The second kappa shape index (κ2) is 6.72. The van der Waals surface area contributed by atoms with E-state index in [0.717, 1.165) is 32.7 Å². The van der Waals surface area contributed by atoms with Gasteiger partial charge in [0.1, 0.15) is 0 Å². The third-order valence-corrected chi connectivity index (χ3v) is 3.59. The molecule has 1 aliphatic rings. The SMILES string of the molecule is C=C(CNCC)CN1CCc2ccccc2CC1. The molecular formula is C16H24N2. The molecule has 1 aromatic rings. The lowest BCUT2D eigenvalue weighted by Crippen LogP contribution is -2.31. The molecular weight excluding hydrogens is 220 g/mol. The molecule has 2 rings (SSSR count). The first-order valence-electron chi connectivity index (χ1n) is 6.96. The highest BCUT2D eigenvalue weighted by molar-refractivity contribution is 5.28. The van der Waals surface area contributed by atoms with Gasteiger partial charge in [0, 0.05) is 26.2 Å². The Morgan fingerprint density at radius 3 is 2.39 bits per heavy atom. The van der Waals surface area contributed by atoms with Crippen molar-refractivity contribution in [1.82, 2.24) is 10.2 Å². The summed E-state index contributed by atoms with van der Waals surface area (Å²) in [5.74, 6) is 0. The predicted molar refractivity (Wildman–Crippen MR) is 78.0 cm³/mol. The van der Waals surface area contributed by atoms with Gasteiger partial charge in [-0.15, -0.1) is 0 Å². The van der Waals surface area contributed by atoms with Gasteiger partial charge < -0.3 is 5.32 Å². The van der Waals surface area contributed by atoms with Gasteiger partial charge in [0.05, 0.1) is 0 Å². The van der Waals surface area contributed by atoms with Gasteiger partial charge in [-0.1, -0.05) is 37.8 Å². The molecule has 1 heterocycles. The van der Waals surface area contributed by atoms with Crippen LogP contribution in [0.25, 0.3) is 0 Å². The van der Waals surface area contributed by atoms with Crippen LogP contribution < -0.4 is 5.32 Å². The Bertz CT molecular complexity index is 371. The first-order valence-corrected chi connectivity index (χ1v) is 6.96. The summed E-state index contributed by atoms with van der Waals surface area (Å²) >= 11 is 0. The van der Waals surface area contributed by atoms with Gasteiger partial charge in [-0.3, -0.25) is 4.90 Å². The number of nitrogens with one attached hydrogen (secondary N) is 1. The van der Waals surface area contributed by atoms with Gasteiger partial charge in [0.15, 0.2) is 0 Å². The average Bonchev–Trinajstić information content (AvgIpc) is 2.59. The van der Waals surface area contributed by atoms with Crippen LogP contribution in [0.3, 0.4) is 0 Å². The Morgan fingerprint density at radius 2 is 1.83 bits per heavy atom. The average molecular weight is 244 g/mol. The summed E-state index contributed by atoms with van der Waals surface area (Å²) in [4.78, 5) is 2.53. The molecule has 0 bridgehead atoms. The van der Waals surface area contributed by atoms with Crippen LogP contribution in [0.5, 0.6) is 0 Å². The van der Waals surface area contributed by atoms with Crippen LogP contribution in [-0.2, 0) is 12.8 Å². The number of benzene rings is 1. The highest BCUT2D eigenvalue weighted by Crippen LogP contribution is 2.15. The summed E-state index contributed by atoms with van der Waals surface area (Å²) in [7, 11) is 0. The minimum Gasteiger partial charge on any atom is -0.313 e. The number of likely N-dealkylation sites (N-methyl/N-ethyl adjacent to an activating group) is 1. The molecule has 0 saturated carbocycles. The third-order valence-electron chi connectivity index (χ3n) is 3.59. The van der Waals surface area contributed by atoms with Crippen molar-refractivity contribution in [3.05, 3.63) is 47.5 Å². The number of hydrogen-bond donors (Lipinski definition) is 1. The topological polar surface area (TPSA) is 15.3 Å². The van der Waals surface area contributed by atoms with Gasteiger partial charge >= 0.3 is 0 Å². The van der Waals surface area contributed by atoms with Crippen LogP contribution in [0.2, 0.25) is 0 Å². The van der Waals surface area contributed by atoms with Gasteiger partial charge in [0.25, 0.3) is 0 Å². The maximum atomic E-state index is 4.16. The maximum Gasteiger partial charge on any atom is 0.0203 e. The largest absolute Gasteiger partial charge is 0.313 e. The van der Waals surface area contributed by atoms with E-state index in [9.17, 15) is 0 Å². The fourth-order valence-electron chi connectivity index (χ4n) is 2.55. The van der Waals surface area contributed by atoms with E-state index < -0.39 is 0 Å². The van der Waals surface area contributed by atoms with E-state index in [-0.39, 0.29) is 0 Å². The summed E-state index contributed by atoms with van der Waals surface area (Å²) in [6.45, 7) is 11.6. The lowest BCUT2D eigenvalue weighted by molar-refractivity contribution is 0.309. The van der Waals surface area contributed by atoms with E-state index in [1.165, 1.54) is 29.5 Å². The Morgan fingerprint density at radius 1 is 1.22 bits per heavy atom. The fraction of sp³-hybridized carbons (Fsp3) is 0.500. The van der Waals surface area contributed by atoms with E-state index in [4.69, 9.17) is 0 Å². The van der Waals surface area contributed by atoms with E-state index in [1.807, 2.05) is 0 Å². The molecule has 0 atom stereocenters. The first kappa shape index (κ1) is 13.3. The number of nitrogens with zero attached hydrogens (tertiary/aromatic N) is 1. The normalized spacial score (nSPS) is 16.1. The summed E-state index contributed by atoms with van der Waals surface area (Å²) < 4.78 is 0. The standard InChI is InChI=1S/C16H24N2/c1-3-17-12-14(2)13-18-10-8-15-6-4-5-7-16(15)9-11-18/h4-7,17H,2-3,8-13H2,1H3. The lowest BCUT2D eigenvalue weighted by atomic mass is 10.0. The highest BCUT2D eigenvalue weighted by Gasteiger charge is 2.13. The Balaban J connectivity index is 1.86. The number of fused-ring (bicyclic) bond motifs is 1. The van der Waals surface area contributed by atoms with E-state index in [0.29, 0.717) is 0 Å². The predicted octanol–water partition coefficient (Wildman–Crippen LogP) is 2.25. The van der Waals surface area contributed by atoms with Gasteiger partial charge in [0.2, 0.25) is 0 Å². The molecule has 2 nitrogen and oxygen atoms in total. The van der Waals surface area contributed by atoms with Crippen molar-refractivity contribution in [3.63, 3.8) is 0 Å². The van der Waals surface area contributed by atoms with Crippen LogP contribution >= 0.6 is 0 Å². The molecule has 1 N–H and O–H groups in total. The molecule has 0 unspecified atom stereocenters. The smallest absolute Gasteiger partial charge is 0.0203 e. The Hall–Kier alpha value is -1.12. The minimum absolute atomic E-state index is 0.944. The first-order chi connectivity index (χ1) is 8.79. The molecule has 0 aromatic heterocycles. The maximum absolute atomic E-state index is 4.16. The van der Waals surface area contributed by atoms with Crippen LogP contribution in [0, 0.1) is 0 Å². The molecule has 1 aliphatic heterocycles. The minimum atomic E-state index is 0.944. The van der Waals surface area contributed by atoms with E-state index >= 15 is 0 Å². The molecule has 0 spiro atoms. The number of rotatable bonds is 5. The molecule has 0 amide bonds. The van der Waals surface area contributed by atoms with Crippen LogP contribution in [0.15, 0.2) is 36.4 Å². The summed E-state index contributed by atoms with van der Waals surface area (Å²) in [6.07, 6.45) is 2.34. The van der Waals surface area contributed by atoms with Gasteiger partial charge in [-0.2, -0.15) is 0 Å². The van der Waals surface area contributed by atoms with Crippen LogP contribution in [-0.4, -0.2) is 37.6 Å². The van der Waals surface area contributed by atoms with Crippen molar-refractivity contribution in [1.29, 1.82) is 0 Å². The Labute approximate surface area is 111 Å². The third kappa shape index (κ3) is 3.69. The van der Waals surface area contributed by atoms with Crippen LogP contribution in [0.1, 0.15) is 18.1 Å². The number of hydrogen-bond acceptors (Lipinski definition) is 2. The van der Waals surface area contributed by atoms with Crippen molar-refractivity contribution < 1.29 is 0 Å². The second-order valence-corrected chi connectivity index (χ2v) is 5.08. The molecule has 18 heavy (non-hydrogen) atoms. The van der Waals surface area contributed by atoms with Crippen LogP contribution in [0.4, 0.5) is 0 Å². The zero-order valence-electron chi connectivity index (χ0n) is 11.4. The van der Waals surface area contributed by atoms with Crippen molar-refractivity contribution in [3.8, 4) is 0 Å². The summed E-state index contributed by atoms with van der Waals surface area (Å²) in [5, 5.41) is 3.34.